The van der Waals surface area contributed by atoms with Gasteiger partial charge in [-0.05, 0) is 65.3 Å². The van der Waals surface area contributed by atoms with Gasteiger partial charge in [0.15, 0.2) is 0 Å². The molecule has 0 aliphatic carbocycles. The Hall–Kier alpha value is -5.02. The van der Waals surface area contributed by atoms with E-state index in [4.69, 9.17) is 23.7 Å². The Labute approximate surface area is 316 Å². The van der Waals surface area contributed by atoms with Gasteiger partial charge >= 0.3 is 23.9 Å². The van der Waals surface area contributed by atoms with Gasteiger partial charge in [-0.1, -0.05) is 18.2 Å². The number of carbonyl (C=O) groups excluding carboxylic acids is 4. The van der Waals surface area contributed by atoms with Crippen molar-refractivity contribution < 1.29 is 47.8 Å². The molecule has 15 nitrogen and oxygen atoms in total. The number of esters is 4. The highest BCUT2D eigenvalue weighted by Gasteiger charge is 2.59. The van der Waals surface area contributed by atoms with E-state index in [-0.39, 0.29) is 76.5 Å². The summed E-state index contributed by atoms with van der Waals surface area (Å²) in [7, 11) is 0. The SMILES string of the molecule is CCOC(=O)CCN(CCC(=O)OCC)CCN1c2ccccc2C(C)(C)C12C=Cc1cc([N+](=O)[O-])cc(CN(CC(=O)OCC)CC(=O)OCC)c1O2. The molecule has 15 heteroatoms. The highest BCUT2D eigenvalue weighted by molar-refractivity contribution is 5.76. The number of anilines is 1. The second-order valence-electron chi connectivity index (χ2n) is 13.4. The molecule has 1 atom stereocenters. The van der Waals surface area contributed by atoms with Crippen molar-refractivity contribution in [1.82, 2.24) is 9.80 Å². The van der Waals surface area contributed by atoms with Gasteiger partial charge in [0.05, 0.1) is 62.7 Å². The number of fused-ring (bicyclic) bond motifs is 2. The Morgan fingerprint density at radius 1 is 0.796 bits per heavy atom. The summed E-state index contributed by atoms with van der Waals surface area (Å²) in [5, 5.41) is 12.1. The van der Waals surface area contributed by atoms with Crippen molar-refractivity contribution in [1.29, 1.82) is 0 Å². The zero-order valence-electron chi connectivity index (χ0n) is 32.1. The van der Waals surface area contributed by atoms with Crippen molar-refractivity contribution in [2.75, 3.05) is 70.6 Å². The van der Waals surface area contributed by atoms with E-state index in [1.165, 1.54) is 17.0 Å². The van der Waals surface area contributed by atoms with Crippen molar-refractivity contribution in [2.45, 2.75) is 72.1 Å². The van der Waals surface area contributed by atoms with Crippen LogP contribution in [-0.4, -0.2) is 110 Å². The third-order valence-corrected chi connectivity index (χ3v) is 9.53. The van der Waals surface area contributed by atoms with Crippen molar-refractivity contribution in [2.24, 2.45) is 0 Å². The van der Waals surface area contributed by atoms with Crippen LogP contribution in [0, 0.1) is 10.1 Å². The normalized spacial score (nSPS) is 16.5. The van der Waals surface area contributed by atoms with Gasteiger partial charge in [-0.2, -0.15) is 0 Å². The molecule has 0 saturated carbocycles. The number of rotatable bonds is 20. The molecule has 0 fully saturated rings. The summed E-state index contributed by atoms with van der Waals surface area (Å²) in [6.45, 7) is 12.8. The first-order valence-electron chi connectivity index (χ1n) is 18.4. The van der Waals surface area contributed by atoms with E-state index in [1.807, 2.05) is 41.3 Å². The number of hydrogen-bond acceptors (Lipinski definition) is 14. The fraction of sp³-hybridized carbons (Fsp3) is 0.538. The number of hydrogen-bond donors (Lipinski definition) is 0. The molecular formula is C39H52N4O11. The standard InChI is InChI=1S/C39H52N4O11/c1-7-50-33(44)16-19-40(20-17-34(45)51-8-2)21-22-42-32-14-12-11-13-31(32)38(5,6)39(42)18-15-28-23-30(43(48)49)24-29(37(28)54-39)25-41(26-35(46)52-9-3)27-36(47)53-10-4/h11-15,18,23-24H,7-10,16-17,19-22,25-27H2,1-6H3. The van der Waals surface area contributed by atoms with E-state index in [9.17, 15) is 29.3 Å². The molecule has 2 aromatic rings. The second kappa shape index (κ2) is 18.8. The second-order valence-corrected chi connectivity index (χ2v) is 13.4. The Balaban J connectivity index is 1.75. The smallest absolute Gasteiger partial charge is 0.320 e. The van der Waals surface area contributed by atoms with Crippen LogP contribution < -0.4 is 9.64 Å². The molecule has 2 heterocycles. The van der Waals surface area contributed by atoms with Crippen LogP contribution in [0.3, 0.4) is 0 Å². The Morgan fingerprint density at radius 3 is 1.91 bits per heavy atom. The lowest BCUT2D eigenvalue weighted by atomic mass is 9.76. The molecule has 294 valence electrons. The van der Waals surface area contributed by atoms with E-state index in [0.29, 0.717) is 43.1 Å². The molecule has 2 aliphatic rings. The molecular weight excluding hydrogens is 700 g/mol. The van der Waals surface area contributed by atoms with Crippen molar-refractivity contribution >= 4 is 41.3 Å². The maximum atomic E-state index is 12.6. The topological polar surface area (TPSA) is 167 Å². The maximum Gasteiger partial charge on any atom is 0.320 e. The molecule has 1 unspecified atom stereocenters. The number of ether oxygens (including phenoxy) is 5. The quantitative estimate of drug-likeness (QED) is 0.0795. The first kappa shape index (κ1) is 41.7. The zero-order valence-corrected chi connectivity index (χ0v) is 32.1. The number of non-ortho nitro benzene ring substituents is 1. The number of nitro groups is 1. The van der Waals surface area contributed by atoms with Gasteiger partial charge in [0.2, 0.25) is 5.72 Å². The lowest BCUT2D eigenvalue weighted by molar-refractivity contribution is -0.385. The minimum Gasteiger partial charge on any atom is -0.466 e. The maximum absolute atomic E-state index is 12.6. The van der Waals surface area contributed by atoms with E-state index in [0.717, 1.165) is 11.3 Å². The molecule has 54 heavy (non-hydrogen) atoms. The number of nitrogens with zero attached hydrogens (tertiary/aromatic N) is 4. The van der Waals surface area contributed by atoms with Gasteiger partial charge < -0.3 is 33.5 Å². The molecule has 2 aliphatic heterocycles. The van der Waals surface area contributed by atoms with Crippen LogP contribution in [0.2, 0.25) is 0 Å². The number of benzene rings is 2. The van der Waals surface area contributed by atoms with Crippen molar-refractivity contribution in [3.8, 4) is 5.75 Å². The van der Waals surface area contributed by atoms with E-state index in [2.05, 4.69) is 18.7 Å². The first-order chi connectivity index (χ1) is 25.8. The Kier molecular flexibility index (Phi) is 14.6. The fourth-order valence-corrected chi connectivity index (χ4v) is 7.00. The van der Waals surface area contributed by atoms with Crippen LogP contribution in [0.5, 0.6) is 5.75 Å². The Morgan fingerprint density at radius 2 is 1.35 bits per heavy atom. The summed E-state index contributed by atoms with van der Waals surface area (Å²) in [6, 6.07) is 10.8. The summed E-state index contributed by atoms with van der Waals surface area (Å²) in [4.78, 5) is 67.3. The van der Waals surface area contributed by atoms with Crippen LogP contribution in [0.1, 0.15) is 71.1 Å². The van der Waals surface area contributed by atoms with Gasteiger partial charge in [-0.25, -0.2) is 0 Å². The van der Waals surface area contributed by atoms with E-state index in [1.54, 1.807) is 27.7 Å². The predicted molar refractivity (Wildman–Crippen MR) is 200 cm³/mol. The molecule has 0 N–H and O–H groups in total. The molecule has 1 spiro atoms. The predicted octanol–water partition coefficient (Wildman–Crippen LogP) is 4.63. The fourth-order valence-electron chi connectivity index (χ4n) is 7.00. The Bertz CT molecular complexity index is 1670. The van der Waals surface area contributed by atoms with Crippen molar-refractivity contribution in [3.63, 3.8) is 0 Å². The van der Waals surface area contributed by atoms with E-state index < -0.39 is 28.0 Å². The first-order valence-corrected chi connectivity index (χ1v) is 18.4. The van der Waals surface area contributed by atoms with Crippen LogP contribution in [0.25, 0.3) is 6.08 Å². The number of nitro benzene ring substituents is 1. The van der Waals surface area contributed by atoms with E-state index >= 15 is 0 Å². The van der Waals surface area contributed by atoms with Gasteiger partial charge in [0.1, 0.15) is 5.75 Å². The molecule has 0 amide bonds. The molecule has 2 aromatic carbocycles. The molecule has 0 aromatic heterocycles. The van der Waals surface area contributed by atoms with Crippen LogP contribution >= 0.6 is 0 Å². The summed E-state index contributed by atoms with van der Waals surface area (Å²) in [5.41, 5.74) is 0.800. The summed E-state index contributed by atoms with van der Waals surface area (Å²) in [5.74, 6) is -1.42. The number of carbonyl (C=O) groups is 4. The third-order valence-electron chi connectivity index (χ3n) is 9.53. The van der Waals surface area contributed by atoms with Crippen molar-refractivity contribution in [3.05, 3.63) is 69.3 Å². The largest absolute Gasteiger partial charge is 0.466 e. The summed E-state index contributed by atoms with van der Waals surface area (Å²) in [6.07, 6.45) is 4.02. The lowest BCUT2D eigenvalue weighted by Crippen LogP contribution is -2.61. The highest BCUT2D eigenvalue weighted by Crippen LogP contribution is 2.55. The van der Waals surface area contributed by atoms with Crippen LogP contribution in [0.4, 0.5) is 11.4 Å². The average Bonchev–Trinajstić information content (AvgIpc) is 3.29. The van der Waals surface area contributed by atoms with Crippen LogP contribution in [0.15, 0.2) is 42.5 Å². The number of para-hydroxylation sites is 1. The third kappa shape index (κ3) is 9.74. The average molecular weight is 753 g/mol. The van der Waals surface area contributed by atoms with Gasteiger partial charge in [0.25, 0.3) is 5.69 Å². The lowest BCUT2D eigenvalue weighted by Gasteiger charge is -2.48. The van der Waals surface area contributed by atoms with Gasteiger partial charge in [0, 0.05) is 61.7 Å². The van der Waals surface area contributed by atoms with Gasteiger partial charge in [-0.3, -0.25) is 34.2 Å². The monoisotopic (exact) mass is 752 g/mol. The summed E-state index contributed by atoms with van der Waals surface area (Å²) < 4.78 is 27.8. The van der Waals surface area contributed by atoms with Crippen LogP contribution in [-0.2, 0) is 50.1 Å². The minimum absolute atomic E-state index is 0.0611. The molecule has 4 rings (SSSR count). The highest BCUT2D eigenvalue weighted by atomic mass is 16.6. The molecule has 0 radical (unpaired) electrons. The van der Waals surface area contributed by atoms with Gasteiger partial charge in [-0.15, -0.1) is 0 Å². The summed E-state index contributed by atoms with van der Waals surface area (Å²) >= 11 is 0. The molecule has 0 bridgehead atoms. The minimum atomic E-state index is -1.14. The molecule has 0 saturated heterocycles. The zero-order chi connectivity index (χ0) is 39.5.